The van der Waals surface area contributed by atoms with Gasteiger partial charge in [-0.05, 0) is 43.3 Å². The third-order valence-corrected chi connectivity index (χ3v) is 6.75. The normalized spacial score (nSPS) is 25.5. The number of nitrogens with zero attached hydrogens (tertiary/aromatic N) is 2. The van der Waals surface area contributed by atoms with E-state index in [0.717, 1.165) is 16.2 Å². The molecule has 2 amide bonds. The first-order valence-electron chi connectivity index (χ1n) is 10.2. The number of methoxy groups -OCH3 is 2. The average Bonchev–Trinajstić information content (AvgIpc) is 3.26. The molecule has 2 aromatic carbocycles. The molecular formula is C24H21ClN2O5. The molecule has 3 aliphatic rings. The predicted octanol–water partition coefficient (Wildman–Crippen LogP) is 3.34. The van der Waals surface area contributed by atoms with Gasteiger partial charge in [0.1, 0.15) is 17.5 Å². The van der Waals surface area contributed by atoms with Gasteiger partial charge in [0.2, 0.25) is 11.8 Å². The molecule has 0 aliphatic carbocycles. The van der Waals surface area contributed by atoms with Crippen molar-refractivity contribution in [3.63, 3.8) is 0 Å². The summed E-state index contributed by atoms with van der Waals surface area (Å²) in [6.45, 7) is 1.46. The van der Waals surface area contributed by atoms with Crippen molar-refractivity contribution in [3.8, 4) is 11.5 Å². The number of anilines is 2. The third-order valence-electron chi connectivity index (χ3n) is 6.51. The zero-order valence-corrected chi connectivity index (χ0v) is 18.5. The van der Waals surface area contributed by atoms with Crippen molar-refractivity contribution in [2.45, 2.75) is 19.0 Å². The molecule has 2 aromatic rings. The molecule has 0 spiro atoms. The number of halogens is 1. The van der Waals surface area contributed by atoms with Crippen LogP contribution >= 0.6 is 11.6 Å². The summed E-state index contributed by atoms with van der Waals surface area (Å²) < 4.78 is 10.7. The Morgan fingerprint density at radius 1 is 0.969 bits per heavy atom. The summed E-state index contributed by atoms with van der Waals surface area (Å²) in [7, 11) is 3.06. The molecule has 164 valence electrons. The fourth-order valence-corrected chi connectivity index (χ4v) is 5.38. The number of rotatable bonds is 4. The van der Waals surface area contributed by atoms with Gasteiger partial charge in [0.25, 0.3) is 0 Å². The van der Waals surface area contributed by atoms with Crippen LogP contribution in [0.1, 0.15) is 12.5 Å². The summed E-state index contributed by atoms with van der Waals surface area (Å²) in [5.74, 6) is -1.38. The first kappa shape index (κ1) is 20.6. The number of carbonyl (C=O) groups is 3. The Balaban J connectivity index is 1.62. The molecule has 0 N–H and O–H groups in total. The fourth-order valence-electron chi connectivity index (χ4n) is 5.21. The second-order valence-corrected chi connectivity index (χ2v) is 8.55. The van der Waals surface area contributed by atoms with Gasteiger partial charge in [0, 0.05) is 16.3 Å². The molecule has 0 unspecified atom stereocenters. The Morgan fingerprint density at radius 3 is 2.41 bits per heavy atom. The summed E-state index contributed by atoms with van der Waals surface area (Å²) in [4.78, 5) is 43.1. The second kappa shape index (κ2) is 7.38. The Kier molecular flexibility index (Phi) is 4.74. The fraction of sp³-hybridized carbons (Fsp3) is 0.292. The highest BCUT2D eigenvalue weighted by atomic mass is 35.5. The van der Waals surface area contributed by atoms with E-state index in [1.807, 2.05) is 35.3 Å². The number of benzene rings is 2. The lowest BCUT2D eigenvalue weighted by Gasteiger charge is -2.36. The van der Waals surface area contributed by atoms with E-state index in [1.165, 1.54) is 20.1 Å². The maximum atomic E-state index is 13.6. The number of imide groups is 1. The minimum absolute atomic E-state index is 0.166. The van der Waals surface area contributed by atoms with E-state index in [0.29, 0.717) is 22.2 Å². The summed E-state index contributed by atoms with van der Waals surface area (Å²) in [5, 5.41) is 0.378. The highest BCUT2D eigenvalue weighted by molar-refractivity contribution is 6.32. The maximum Gasteiger partial charge on any atom is 0.240 e. The number of ether oxygens (including phenoxy) is 2. The predicted molar refractivity (Wildman–Crippen MR) is 120 cm³/mol. The Labute approximate surface area is 190 Å². The van der Waals surface area contributed by atoms with Gasteiger partial charge < -0.3 is 14.4 Å². The Morgan fingerprint density at radius 2 is 1.72 bits per heavy atom. The molecule has 3 aliphatic heterocycles. The Bertz CT molecular complexity index is 1190. The molecule has 4 atom stereocenters. The molecule has 0 aromatic heterocycles. The minimum atomic E-state index is -0.800. The SMILES string of the molecule is COc1ccc2c(c1)C=C[C@@H]1[C@@H]3C(=O)N(c4cc(Cl)ccc4OC)C(=O)[C@H]3[C@@H](C(C)=O)N21. The first-order valence-corrected chi connectivity index (χ1v) is 10.6. The number of amides is 2. The molecular weight excluding hydrogens is 432 g/mol. The van der Waals surface area contributed by atoms with Crippen LogP contribution in [0.2, 0.25) is 5.02 Å². The number of hydrogen-bond donors (Lipinski definition) is 0. The van der Waals surface area contributed by atoms with Gasteiger partial charge in [-0.1, -0.05) is 23.8 Å². The zero-order chi connectivity index (χ0) is 22.7. The lowest BCUT2D eigenvalue weighted by molar-refractivity contribution is -0.126. The largest absolute Gasteiger partial charge is 0.497 e. The van der Waals surface area contributed by atoms with Crippen molar-refractivity contribution in [2.75, 3.05) is 24.0 Å². The van der Waals surface area contributed by atoms with Crippen molar-refractivity contribution in [1.29, 1.82) is 0 Å². The van der Waals surface area contributed by atoms with Gasteiger partial charge in [-0.3, -0.25) is 14.4 Å². The van der Waals surface area contributed by atoms with Gasteiger partial charge in [-0.25, -0.2) is 4.90 Å². The summed E-state index contributed by atoms with van der Waals surface area (Å²) in [6, 6.07) is 9.17. The van der Waals surface area contributed by atoms with Gasteiger partial charge in [-0.2, -0.15) is 0 Å². The molecule has 0 saturated carbocycles. The van der Waals surface area contributed by atoms with Crippen LogP contribution in [0.4, 0.5) is 11.4 Å². The topological polar surface area (TPSA) is 76.1 Å². The van der Waals surface area contributed by atoms with Crippen molar-refractivity contribution >= 4 is 46.6 Å². The van der Waals surface area contributed by atoms with E-state index < -0.39 is 29.8 Å². The van der Waals surface area contributed by atoms with E-state index in [1.54, 1.807) is 19.2 Å². The van der Waals surface area contributed by atoms with Crippen molar-refractivity contribution in [2.24, 2.45) is 11.8 Å². The quantitative estimate of drug-likeness (QED) is 0.662. The van der Waals surface area contributed by atoms with Gasteiger partial charge >= 0.3 is 0 Å². The monoisotopic (exact) mass is 452 g/mol. The van der Waals surface area contributed by atoms with E-state index in [-0.39, 0.29) is 11.7 Å². The van der Waals surface area contributed by atoms with E-state index >= 15 is 0 Å². The van der Waals surface area contributed by atoms with Crippen LogP contribution in [0, 0.1) is 11.8 Å². The van der Waals surface area contributed by atoms with Crippen LogP contribution in [0.3, 0.4) is 0 Å². The van der Waals surface area contributed by atoms with Crippen molar-refractivity contribution in [1.82, 2.24) is 0 Å². The molecule has 32 heavy (non-hydrogen) atoms. The first-order chi connectivity index (χ1) is 15.4. The van der Waals surface area contributed by atoms with Gasteiger partial charge in [0.15, 0.2) is 5.78 Å². The van der Waals surface area contributed by atoms with Crippen molar-refractivity contribution in [3.05, 3.63) is 53.1 Å². The summed E-state index contributed by atoms with van der Waals surface area (Å²) in [5.41, 5.74) is 1.98. The van der Waals surface area contributed by atoms with Crippen LogP contribution in [-0.2, 0) is 14.4 Å². The number of ketones is 1. The third kappa shape index (κ3) is 2.77. The molecule has 0 radical (unpaired) electrons. The molecule has 3 heterocycles. The molecule has 2 saturated heterocycles. The maximum absolute atomic E-state index is 13.6. The summed E-state index contributed by atoms with van der Waals surface area (Å²) >= 11 is 6.15. The average molecular weight is 453 g/mol. The lowest BCUT2D eigenvalue weighted by Crippen LogP contribution is -2.48. The Hall–Kier alpha value is -3.32. The van der Waals surface area contributed by atoms with Crippen LogP contribution in [0.25, 0.3) is 6.08 Å². The minimum Gasteiger partial charge on any atom is -0.497 e. The lowest BCUT2D eigenvalue weighted by atomic mass is 9.88. The highest BCUT2D eigenvalue weighted by Crippen LogP contribution is 2.50. The number of carbonyl (C=O) groups excluding carboxylic acids is 3. The van der Waals surface area contributed by atoms with Gasteiger partial charge in [0.05, 0.1) is 37.8 Å². The zero-order valence-electron chi connectivity index (χ0n) is 17.7. The van der Waals surface area contributed by atoms with Crippen LogP contribution in [0.15, 0.2) is 42.5 Å². The molecule has 2 fully saturated rings. The molecule has 7 nitrogen and oxygen atoms in total. The molecule has 0 bridgehead atoms. The van der Waals surface area contributed by atoms with Crippen LogP contribution in [0.5, 0.6) is 11.5 Å². The van der Waals surface area contributed by atoms with Gasteiger partial charge in [-0.15, -0.1) is 0 Å². The second-order valence-electron chi connectivity index (χ2n) is 8.12. The standard InChI is InChI=1S/C24H21ClN2O5/c1-12(28)22-21-20(17-7-4-13-10-15(31-2)6-8-16(13)26(17)22)23(29)27(24(21)30)18-11-14(25)5-9-19(18)32-3/h4-11,17,20-22H,1-3H3/t17-,20+,21-,22-/m1/s1. The van der Waals surface area contributed by atoms with Crippen LogP contribution in [-0.4, -0.2) is 43.9 Å². The van der Waals surface area contributed by atoms with Crippen molar-refractivity contribution < 1.29 is 23.9 Å². The van der Waals surface area contributed by atoms with E-state index in [4.69, 9.17) is 21.1 Å². The van der Waals surface area contributed by atoms with E-state index in [2.05, 4.69) is 0 Å². The highest BCUT2D eigenvalue weighted by Gasteiger charge is 2.64. The van der Waals surface area contributed by atoms with E-state index in [9.17, 15) is 14.4 Å². The summed E-state index contributed by atoms with van der Waals surface area (Å²) in [6.07, 6.45) is 3.81. The smallest absolute Gasteiger partial charge is 0.240 e. The van der Waals surface area contributed by atoms with Crippen LogP contribution < -0.4 is 19.3 Å². The molecule has 5 rings (SSSR count). The number of hydrogen-bond acceptors (Lipinski definition) is 6. The number of Topliss-reactive ketones (excluding diaryl/α,β-unsaturated/α-hetero) is 1. The molecule has 8 heteroatoms. The number of fused-ring (bicyclic) bond motifs is 5.